The number of aromatic hydroxyl groups is 1. The number of rotatable bonds is 3. The molecule has 0 amide bonds. The van der Waals surface area contributed by atoms with Crippen LogP contribution in [0.25, 0.3) is 5.70 Å². The standard InChI is InChI=1S/C14H14FN3O/c15-11-3-5-12(6-4-11)18(17)9-14(16)10-1-7-13(19)8-2-10/h1-9,19H,16-17H2/b14-9-. The largest absolute Gasteiger partial charge is 0.508 e. The molecule has 2 aromatic carbocycles. The zero-order chi connectivity index (χ0) is 13.8. The fraction of sp³-hybridized carbons (Fsp3) is 0. The van der Waals surface area contributed by atoms with Gasteiger partial charge in [0, 0.05) is 6.20 Å². The number of nitrogens with zero attached hydrogens (tertiary/aromatic N) is 1. The van der Waals surface area contributed by atoms with Crippen LogP contribution in [0.3, 0.4) is 0 Å². The highest BCUT2D eigenvalue weighted by atomic mass is 19.1. The predicted octanol–water partition coefficient (Wildman–Crippen LogP) is 2.17. The van der Waals surface area contributed by atoms with E-state index in [2.05, 4.69) is 0 Å². The van der Waals surface area contributed by atoms with Crippen molar-refractivity contribution in [3.63, 3.8) is 0 Å². The Morgan fingerprint density at radius 3 is 2.21 bits per heavy atom. The second kappa shape index (κ2) is 5.41. The van der Waals surface area contributed by atoms with Crippen LogP contribution in [0.5, 0.6) is 5.75 Å². The Bertz CT molecular complexity index is 579. The Labute approximate surface area is 110 Å². The summed E-state index contributed by atoms with van der Waals surface area (Å²) in [5.74, 6) is 5.66. The molecule has 0 saturated heterocycles. The molecule has 0 aliphatic rings. The second-order valence-electron chi connectivity index (χ2n) is 4.02. The number of hydrazine groups is 1. The maximum Gasteiger partial charge on any atom is 0.123 e. The van der Waals surface area contributed by atoms with Crippen LogP contribution in [0.2, 0.25) is 0 Å². The number of phenolic OH excluding ortho intramolecular Hbond substituents is 1. The van der Waals surface area contributed by atoms with Crippen molar-refractivity contribution < 1.29 is 9.50 Å². The molecule has 0 aromatic heterocycles. The van der Waals surface area contributed by atoms with Gasteiger partial charge in [0.1, 0.15) is 11.6 Å². The van der Waals surface area contributed by atoms with Gasteiger partial charge in [0.05, 0.1) is 11.4 Å². The fourth-order valence-corrected chi connectivity index (χ4v) is 1.57. The number of halogens is 1. The van der Waals surface area contributed by atoms with Crippen molar-refractivity contribution in [1.29, 1.82) is 0 Å². The van der Waals surface area contributed by atoms with Crippen molar-refractivity contribution in [1.82, 2.24) is 0 Å². The molecule has 0 radical (unpaired) electrons. The lowest BCUT2D eigenvalue weighted by molar-refractivity contribution is 0.475. The Kier molecular flexibility index (Phi) is 3.68. The first-order chi connectivity index (χ1) is 9.06. The van der Waals surface area contributed by atoms with Crippen molar-refractivity contribution in [2.75, 3.05) is 5.01 Å². The first kappa shape index (κ1) is 12.9. The summed E-state index contributed by atoms with van der Waals surface area (Å²) < 4.78 is 12.8. The van der Waals surface area contributed by atoms with Gasteiger partial charge in [0.2, 0.25) is 0 Å². The number of hydrogen-bond acceptors (Lipinski definition) is 4. The Morgan fingerprint density at radius 2 is 1.63 bits per heavy atom. The number of nitrogens with two attached hydrogens (primary N) is 2. The maximum absolute atomic E-state index is 12.8. The normalized spacial score (nSPS) is 11.4. The number of phenols is 1. The molecule has 0 saturated carbocycles. The van der Waals surface area contributed by atoms with E-state index in [1.54, 1.807) is 24.3 Å². The van der Waals surface area contributed by atoms with Crippen molar-refractivity contribution in [3.05, 3.63) is 66.1 Å². The zero-order valence-corrected chi connectivity index (χ0v) is 10.1. The smallest absolute Gasteiger partial charge is 0.123 e. The third-order valence-electron chi connectivity index (χ3n) is 2.60. The van der Waals surface area contributed by atoms with Gasteiger partial charge in [-0.15, -0.1) is 0 Å². The molecule has 0 unspecified atom stereocenters. The van der Waals surface area contributed by atoms with Crippen molar-refractivity contribution in [2.24, 2.45) is 11.6 Å². The van der Waals surface area contributed by atoms with Crippen LogP contribution in [0.15, 0.2) is 54.7 Å². The van der Waals surface area contributed by atoms with Gasteiger partial charge in [-0.2, -0.15) is 0 Å². The minimum absolute atomic E-state index is 0.166. The molecule has 4 nitrogen and oxygen atoms in total. The SMILES string of the molecule is N/C(=C\N(N)c1ccc(F)cc1)c1ccc(O)cc1. The van der Waals surface area contributed by atoms with Gasteiger partial charge in [0.25, 0.3) is 0 Å². The van der Waals surface area contributed by atoms with Gasteiger partial charge < -0.3 is 10.8 Å². The highest BCUT2D eigenvalue weighted by Gasteiger charge is 2.02. The van der Waals surface area contributed by atoms with Gasteiger partial charge in [-0.05, 0) is 54.1 Å². The van der Waals surface area contributed by atoms with E-state index >= 15 is 0 Å². The minimum Gasteiger partial charge on any atom is -0.508 e. The van der Waals surface area contributed by atoms with Crippen molar-refractivity contribution >= 4 is 11.4 Å². The van der Waals surface area contributed by atoms with Gasteiger partial charge >= 0.3 is 0 Å². The van der Waals surface area contributed by atoms with Gasteiger partial charge in [-0.1, -0.05) is 0 Å². The third-order valence-corrected chi connectivity index (χ3v) is 2.60. The van der Waals surface area contributed by atoms with Crippen LogP contribution in [-0.4, -0.2) is 5.11 Å². The average molecular weight is 259 g/mol. The number of hydrogen-bond donors (Lipinski definition) is 3. The van der Waals surface area contributed by atoms with Crippen molar-refractivity contribution in [2.45, 2.75) is 0 Å². The summed E-state index contributed by atoms with van der Waals surface area (Å²) in [5, 5.41) is 10.5. The molecule has 0 heterocycles. The highest BCUT2D eigenvalue weighted by Crippen LogP contribution is 2.17. The van der Waals surface area contributed by atoms with Crippen LogP contribution in [0.4, 0.5) is 10.1 Å². The molecule has 0 aliphatic carbocycles. The molecule has 2 aromatic rings. The second-order valence-corrected chi connectivity index (χ2v) is 4.02. The van der Waals surface area contributed by atoms with E-state index in [0.29, 0.717) is 11.4 Å². The number of anilines is 1. The Hall–Kier alpha value is -2.53. The topological polar surface area (TPSA) is 75.5 Å². The maximum atomic E-state index is 12.8. The van der Waals surface area contributed by atoms with Gasteiger partial charge in [-0.25, -0.2) is 10.2 Å². The lowest BCUT2D eigenvalue weighted by atomic mass is 10.1. The van der Waals surface area contributed by atoms with Crippen LogP contribution < -0.4 is 16.6 Å². The molecule has 2 rings (SSSR count). The molecule has 5 N–H and O–H groups in total. The van der Waals surface area contributed by atoms with Gasteiger partial charge in [-0.3, -0.25) is 5.01 Å². The fourth-order valence-electron chi connectivity index (χ4n) is 1.57. The van der Waals surface area contributed by atoms with E-state index < -0.39 is 0 Å². The van der Waals surface area contributed by atoms with E-state index in [9.17, 15) is 9.50 Å². The molecule has 0 atom stereocenters. The summed E-state index contributed by atoms with van der Waals surface area (Å²) in [7, 11) is 0. The lowest BCUT2D eigenvalue weighted by Crippen LogP contribution is -2.25. The van der Waals surface area contributed by atoms with Crippen LogP contribution >= 0.6 is 0 Å². The average Bonchev–Trinajstić information content (AvgIpc) is 2.40. The first-order valence-corrected chi connectivity index (χ1v) is 5.62. The van der Waals surface area contributed by atoms with Crippen molar-refractivity contribution in [3.8, 4) is 5.75 Å². The van der Waals surface area contributed by atoms with E-state index in [1.165, 1.54) is 35.5 Å². The van der Waals surface area contributed by atoms with Crippen LogP contribution in [-0.2, 0) is 0 Å². The minimum atomic E-state index is -0.326. The Morgan fingerprint density at radius 1 is 1.05 bits per heavy atom. The van der Waals surface area contributed by atoms with E-state index in [-0.39, 0.29) is 11.6 Å². The highest BCUT2D eigenvalue weighted by molar-refractivity contribution is 5.66. The quantitative estimate of drug-likeness (QED) is 0.583. The third kappa shape index (κ3) is 3.23. The number of benzene rings is 2. The molecule has 19 heavy (non-hydrogen) atoms. The van der Waals surface area contributed by atoms with Crippen LogP contribution in [0, 0.1) is 5.82 Å². The predicted molar refractivity (Wildman–Crippen MR) is 73.3 cm³/mol. The summed E-state index contributed by atoms with van der Waals surface area (Å²) in [6.07, 6.45) is 1.53. The summed E-state index contributed by atoms with van der Waals surface area (Å²) in [4.78, 5) is 0. The summed E-state index contributed by atoms with van der Waals surface area (Å²) in [5.41, 5.74) is 7.68. The summed E-state index contributed by atoms with van der Waals surface area (Å²) >= 11 is 0. The van der Waals surface area contributed by atoms with E-state index in [4.69, 9.17) is 11.6 Å². The van der Waals surface area contributed by atoms with Crippen LogP contribution in [0.1, 0.15) is 5.56 Å². The monoisotopic (exact) mass is 259 g/mol. The summed E-state index contributed by atoms with van der Waals surface area (Å²) in [6.45, 7) is 0. The summed E-state index contributed by atoms with van der Waals surface area (Å²) in [6, 6.07) is 12.2. The molecular formula is C14H14FN3O. The Balaban J connectivity index is 2.20. The molecule has 0 spiro atoms. The molecular weight excluding hydrogens is 245 g/mol. The first-order valence-electron chi connectivity index (χ1n) is 5.62. The van der Waals surface area contributed by atoms with Gasteiger partial charge in [0.15, 0.2) is 0 Å². The molecule has 98 valence electrons. The lowest BCUT2D eigenvalue weighted by Gasteiger charge is -2.15. The van der Waals surface area contributed by atoms with E-state index in [0.717, 1.165) is 5.56 Å². The van der Waals surface area contributed by atoms with E-state index in [1.807, 2.05) is 0 Å². The molecule has 0 bridgehead atoms. The molecule has 0 fully saturated rings. The molecule has 5 heteroatoms. The molecule has 0 aliphatic heterocycles. The zero-order valence-electron chi connectivity index (χ0n) is 10.1.